The first-order valence-electron chi connectivity index (χ1n) is 8.38. The number of aryl methyl sites for hydroxylation is 2. The van der Waals surface area contributed by atoms with Crippen LogP contribution in [0.3, 0.4) is 0 Å². The van der Waals surface area contributed by atoms with Gasteiger partial charge in [-0.25, -0.2) is 0 Å². The molecule has 0 amide bonds. The predicted molar refractivity (Wildman–Crippen MR) is 102 cm³/mol. The van der Waals surface area contributed by atoms with Crippen LogP contribution in [0.15, 0.2) is 78.9 Å². The standard InChI is InChI=1S/C22H19N3/c1-16-10-6-8-14-19(16)21-23-24-22(20-15-9-7-11-17(20)2)25(21)18-12-4-3-5-13-18/h3-15H,1-2H3. The number of aromatic nitrogens is 3. The van der Waals surface area contributed by atoms with Crippen molar-refractivity contribution in [1.29, 1.82) is 0 Å². The zero-order valence-electron chi connectivity index (χ0n) is 14.3. The van der Waals surface area contributed by atoms with Crippen LogP contribution in [0.2, 0.25) is 0 Å². The minimum Gasteiger partial charge on any atom is -0.275 e. The molecule has 0 aliphatic heterocycles. The van der Waals surface area contributed by atoms with E-state index in [9.17, 15) is 0 Å². The summed E-state index contributed by atoms with van der Waals surface area (Å²) in [4.78, 5) is 0. The summed E-state index contributed by atoms with van der Waals surface area (Å²) in [6, 6.07) is 26.9. The third-order valence-corrected chi connectivity index (χ3v) is 4.45. The first-order valence-corrected chi connectivity index (χ1v) is 8.38. The molecule has 0 aliphatic carbocycles. The van der Waals surface area contributed by atoms with E-state index in [4.69, 9.17) is 0 Å². The van der Waals surface area contributed by atoms with Crippen molar-refractivity contribution >= 4 is 0 Å². The molecule has 0 spiro atoms. The van der Waals surface area contributed by atoms with Crippen molar-refractivity contribution < 1.29 is 0 Å². The third kappa shape index (κ3) is 2.74. The molecule has 4 rings (SSSR count). The maximum absolute atomic E-state index is 4.55. The summed E-state index contributed by atoms with van der Waals surface area (Å²) in [5.74, 6) is 1.73. The van der Waals surface area contributed by atoms with Gasteiger partial charge in [0.2, 0.25) is 0 Å². The smallest absolute Gasteiger partial charge is 0.169 e. The quantitative estimate of drug-likeness (QED) is 0.517. The van der Waals surface area contributed by atoms with Crippen molar-refractivity contribution in [3.05, 3.63) is 90.0 Å². The molecule has 0 saturated heterocycles. The normalized spacial score (nSPS) is 10.8. The SMILES string of the molecule is Cc1ccccc1-c1nnc(-c2ccccc2C)n1-c1ccccc1. The molecule has 0 atom stereocenters. The Balaban J connectivity index is 2.02. The third-order valence-electron chi connectivity index (χ3n) is 4.45. The number of hydrogen-bond acceptors (Lipinski definition) is 2. The minimum atomic E-state index is 0.863. The fourth-order valence-electron chi connectivity index (χ4n) is 3.10. The zero-order chi connectivity index (χ0) is 17.2. The number of rotatable bonds is 3. The lowest BCUT2D eigenvalue weighted by molar-refractivity contribution is 1.07. The molecule has 0 saturated carbocycles. The lowest BCUT2D eigenvalue weighted by Crippen LogP contribution is -2.01. The molecule has 0 radical (unpaired) electrons. The Bertz CT molecular complexity index is 953. The van der Waals surface area contributed by atoms with E-state index < -0.39 is 0 Å². The van der Waals surface area contributed by atoms with Crippen LogP contribution >= 0.6 is 0 Å². The molecule has 3 nitrogen and oxygen atoms in total. The van der Waals surface area contributed by atoms with E-state index in [1.54, 1.807) is 0 Å². The zero-order valence-corrected chi connectivity index (χ0v) is 14.3. The van der Waals surface area contributed by atoms with Crippen LogP contribution in [0, 0.1) is 13.8 Å². The molecule has 4 aromatic rings. The van der Waals surface area contributed by atoms with E-state index >= 15 is 0 Å². The molecule has 0 aliphatic rings. The second kappa shape index (κ2) is 6.36. The van der Waals surface area contributed by atoms with Crippen LogP contribution in [-0.4, -0.2) is 14.8 Å². The van der Waals surface area contributed by atoms with Gasteiger partial charge in [0.15, 0.2) is 11.6 Å². The Morgan fingerprint density at radius 3 is 1.48 bits per heavy atom. The number of hydrogen-bond donors (Lipinski definition) is 0. The topological polar surface area (TPSA) is 30.7 Å². The van der Waals surface area contributed by atoms with Gasteiger partial charge >= 0.3 is 0 Å². The van der Waals surface area contributed by atoms with Crippen LogP contribution in [0.4, 0.5) is 0 Å². The van der Waals surface area contributed by atoms with Crippen molar-refractivity contribution in [2.24, 2.45) is 0 Å². The summed E-state index contributed by atoms with van der Waals surface area (Å²) < 4.78 is 2.14. The predicted octanol–water partition coefficient (Wildman–Crippen LogP) is 5.22. The summed E-state index contributed by atoms with van der Waals surface area (Å²) in [7, 11) is 0. The molecule has 1 aromatic heterocycles. The highest BCUT2D eigenvalue weighted by atomic mass is 15.3. The Kier molecular flexibility index (Phi) is 3.90. The number of nitrogens with zero attached hydrogens (tertiary/aromatic N) is 3. The van der Waals surface area contributed by atoms with Gasteiger partial charge in [0.25, 0.3) is 0 Å². The highest BCUT2D eigenvalue weighted by molar-refractivity contribution is 5.70. The average molecular weight is 325 g/mol. The molecular weight excluding hydrogens is 306 g/mol. The fourth-order valence-corrected chi connectivity index (χ4v) is 3.10. The van der Waals surface area contributed by atoms with Crippen molar-refractivity contribution in [2.45, 2.75) is 13.8 Å². The Labute approximate surface area is 147 Å². The van der Waals surface area contributed by atoms with Crippen molar-refractivity contribution in [3.8, 4) is 28.5 Å². The maximum Gasteiger partial charge on any atom is 0.169 e. The summed E-state index contributed by atoms with van der Waals surface area (Å²) in [6.45, 7) is 4.21. The largest absolute Gasteiger partial charge is 0.275 e. The van der Waals surface area contributed by atoms with Crippen LogP contribution in [0.5, 0.6) is 0 Å². The van der Waals surface area contributed by atoms with Crippen LogP contribution in [-0.2, 0) is 0 Å². The first kappa shape index (κ1) is 15.3. The van der Waals surface area contributed by atoms with Crippen LogP contribution in [0.1, 0.15) is 11.1 Å². The van der Waals surface area contributed by atoms with Crippen molar-refractivity contribution in [2.75, 3.05) is 0 Å². The highest BCUT2D eigenvalue weighted by Gasteiger charge is 2.18. The van der Waals surface area contributed by atoms with Gasteiger partial charge in [-0.1, -0.05) is 66.7 Å². The molecule has 0 unspecified atom stereocenters. The Morgan fingerprint density at radius 1 is 0.560 bits per heavy atom. The molecule has 1 heterocycles. The summed E-state index contributed by atoms with van der Waals surface area (Å²) in [5.41, 5.74) is 5.62. The van der Waals surface area contributed by atoms with Gasteiger partial charge in [0.05, 0.1) is 0 Å². The van der Waals surface area contributed by atoms with Gasteiger partial charge in [0.1, 0.15) is 0 Å². The van der Waals surface area contributed by atoms with E-state index in [1.807, 2.05) is 42.5 Å². The van der Waals surface area contributed by atoms with Gasteiger partial charge < -0.3 is 0 Å². The number of benzene rings is 3. The first-order chi connectivity index (χ1) is 12.3. The summed E-state index contributed by atoms with van der Waals surface area (Å²) in [6.07, 6.45) is 0. The van der Waals surface area contributed by atoms with E-state index in [0.717, 1.165) is 28.5 Å². The molecule has 0 fully saturated rings. The van der Waals surface area contributed by atoms with E-state index in [2.05, 4.69) is 65.0 Å². The fraction of sp³-hybridized carbons (Fsp3) is 0.0909. The molecule has 3 aromatic carbocycles. The van der Waals surface area contributed by atoms with Gasteiger partial charge in [0, 0.05) is 16.8 Å². The maximum atomic E-state index is 4.55. The lowest BCUT2D eigenvalue weighted by Gasteiger charge is -2.13. The molecule has 25 heavy (non-hydrogen) atoms. The molecule has 3 heteroatoms. The monoisotopic (exact) mass is 325 g/mol. The van der Waals surface area contributed by atoms with Gasteiger partial charge in [-0.15, -0.1) is 10.2 Å². The van der Waals surface area contributed by atoms with Gasteiger partial charge in [-0.05, 0) is 37.1 Å². The van der Waals surface area contributed by atoms with Gasteiger partial charge in [-0.3, -0.25) is 4.57 Å². The van der Waals surface area contributed by atoms with Crippen molar-refractivity contribution in [3.63, 3.8) is 0 Å². The molecular formula is C22H19N3. The van der Waals surface area contributed by atoms with E-state index in [0.29, 0.717) is 0 Å². The second-order valence-corrected chi connectivity index (χ2v) is 6.15. The number of para-hydroxylation sites is 1. The van der Waals surface area contributed by atoms with Crippen molar-refractivity contribution in [1.82, 2.24) is 14.8 Å². The Hall–Kier alpha value is -3.20. The summed E-state index contributed by atoms with van der Waals surface area (Å²) in [5, 5.41) is 9.11. The highest BCUT2D eigenvalue weighted by Crippen LogP contribution is 2.31. The van der Waals surface area contributed by atoms with Crippen LogP contribution < -0.4 is 0 Å². The molecule has 0 N–H and O–H groups in total. The molecule has 122 valence electrons. The molecule has 0 bridgehead atoms. The van der Waals surface area contributed by atoms with E-state index in [1.165, 1.54) is 11.1 Å². The average Bonchev–Trinajstić information content (AvgIpc) is 3.08. The van der Waals surface area contributed by atoms with Crippen LogP contribution in [0.25, 0.3) is 28.5 Å². The second-order valence-electron chi connectivity index (χ2n) is 6.15. The Morgan fingerprint density at radius 2 is 1.00 bits per heavy atom. The summed E-state index contributed by atoms with van der Waals surface area (Å²) >= 11 is 0. The lowest BCUT2D eigenvalue weighted by atomic mass is 10.1. The minimum absolute atomic E-state index is 0.863. The van der Waals surface area contributed by atoms with Gasteiger partial charge in [-0.2, -0.15) is 0 Å². The van der Waals surface area contributed by atoms with E-state index in [-0.39, 0.29) is 0 Å².